The quantitative estimate of drug-likeness (QED) is 0.509. The molecule has 0 aliphatic carbocycles. The molecule has 0 saturated carbocycles. The molecule has 0 atom stereocenters. The molecule has 1 aromatic carbocycles. The van der Waals surface area contributed by atoms with Gasteiger partial charge in [-0.3, -0.25) is 4.79 Å². The zero-order valence-corrected chi connectivity index (χ0v) is 10.8. The summed E-state index contributed by atoms with van der Waals surface area (Å²) in [5.74, 6) is -4.13. The maximum atomic E-state index is 12.2. The lowest BCUT2D eigenvalue weighted by Gasteiger charge is -2.12. The largest absolute Gasteiger partial charge is 0.491 e. The third-order valence-corrected chi connectivity index (χ3v) is 2.21. The van der Waals surface area contributed by atoms with Crippen molar-refractivity contribution in [1.29, 1.82) is 0 Å². The first-order chi connectivity index (χ1) is 9.77. The Morgan fingerprint density at radius 3 is 2.43 bits per heavy atom. The van der Waals surface area contributed by atoms with Gasteiger partial charge >= 0.3 is 18.1 Å². The summed E-state index contributed by atoms with van der Waals surface area (Å²) in [4.78, 5) is 22.0. The lowest BCUT2D eigenvalue weighted by atomic mass is 10.1. The van der Waals surface area contributed by atoms with Crippen LogP contribution in [0, 0.1) is 0 Å². The van der Waals surface area contributed by atoms with Crippen LogP contribution in [0.4, 0.5) is 13.2 Å². The number of rotatable bonds is 5. The molecule has 0 heterocycles. The summed E-state index contributed by atoms with van der Waals surface area (Å²) < 4.78 is 45.6. The molecule has 0 unspecified atom stereocenters. The van der Waals surface area contributed by atoms with Crippen LogP contribution in [0.15, 0.2) is 30.9 Å². The molecule has 0 fully saturated rings. The zero-order valence-electron chi connectivity index (χ0n) is 10.8. The van der Waals surface area contributed by atoms with Gasteiger partial charge in [0.25, 0.3) is 0 Å². The van der Waals surface area contributed by atoms with Crippen LogP contribution in [0.5, 0.6) is 11.5 Å². The predicted octanol–water partition coefficient (Wildman–Crippen LogP) is 1.75. The van der Waals surface area contributed by atoms with Crippen molar-refractivity contribution >= 4 is 11.9 Å². The standard InChI is InChI=1S/C13H12F3NO4/c1-2-3-8-4-5-9(20-11(18)7-17)10(6-8)21-12(19)13(14,15)16/h2,4-6H,1,3,7,17H2. The van der Waals surface area contributed by atoms with Gasteiger partial charge in [-0.1, -0.05) is 12.1 Å². The van der Waals surface area contributed by atoms with Crippen molar-refractivity contribution < 1.29 is 32.2 Å². The summed E-state index contributed by atoms with van der Waals surface area (Å²) in [5.41, 5.74) is 5.57. The van der Waals surface area contributed by atoms with Gasteiger partial charge in [0.05, 0.1) is 6.54 Å². The number of benzene rings is 1. The van der Waals surface area contributed by atoms with Gasteiger partial charge in [0.15, 0.2) is 11.5 Å². The Hall–Kier alpha value is -2.35. The summed E-state index contributed by atoms with van der Waals surface area (Å²) in [6, 6.07) is 3.86. The molecule has 0 amide bonds. The summed E-state index contributed by atoms with van der Waals surface area (Å²) in [5, 5.41) is 0. The third-order valence-electron chi connectivity index (χ3n) is 2.21. The predicted molar refractivity (Wildman–Crippen MR) is 66.7 cm³/mol. The van der Waals surface area contributed by atoms with Gasteiger partial charge < -0.3 is 15.2 Å². The highest BCUT2D eigenvalue weighted by molar-refractivity contribution is 5.80. The molecule has 0 aliphatic rings. The van der Waals surface area contributed by atoms with Gasteiger partial charge in [0, 0.05) is 0 Å². The monoisotopic (exact) mass is 303 g/mol. The Labute approximate surface area is 118 Å². The fourth-order valence-electron chi connectivity index (χ4n) is 1.33. The Morgan fingerprint density at radius 1 is 1.24 bits per heavy atom. The van der Waals surface area contributed by atoms with Gasteiger partial charge in [-0.05, 0) is 24.1 Å². The number of alkyl halides is 3. The van der Waals surface area contributed by atoms with Gasteiger partial charge in [-0.15, -0.1) is 6.58 Å². The van der Waals surface area contributed by atoms with E-state index in [1.165, 1.54) is 18.2 Å². The van der Waals surface area contributed by atoms with Crippen molar-refractivity contribution in [3.8, 4) is 11.5 Å². The van der Waals surface area contributed by atoms with Crippen molar-refractivity contribution in [2.24, 2.45) is 5.73 Å². The van der Waals surface area contributed by atoms with E-state index < -0.39 is 30.4 Å². The van der Waals surface area contributed by atoms with Crippen LogP contribution < -0.4 is 15.2 Å². The van der Waals surface area contributed by atoms with Crippen LogP contribution >= 0.6 is 0 Å². The van der Waals surface area contributed by atoms with Gasteiger partial charge in [0.1, 0.15) is 0 Å². The molecule has 0 bridgehead atoms. The van der Waals surface area contributed by atoms with E-state index in [1.807, 2.05) is 0 Å². The molecule has 0 spiro atoms. The third kappa shape index (κ3) is 4.92. The van der Waals surface area contributed by atoms with Crippen molar-refractivity contribution in [3.05, 3.63) is 36.4 Å². The molecule has 2 N–H and O–H groups in total. The molecular weight excluding hydrogens is 291 g/mol. The van der Waals surface area contributed by atoms with E-state index in [2.05, 4.69) is 11.3 Å². The number of hydrogen-bond donors (Lipinski definition) is 1. The number of halogens is 3. The van der Waals surface area contributed by atoms with E-state index in [-0.39, 0.29) is 5.75 Å². The fraction of sp³-hybridized carbons (Fsp3) is 0.231. The number of ether oxygens (including phenoxy) is 2. The van der Waals surface area contributed by atoms with E-state index in [9.17, 15) is 22.8 Å². The lowest BCUT2D eigenvalue weighted by Crippen LogP contribution is -2.28. The minimum Gasteiger partial charge on any atom is -0.422 e. The van der Waals surface area contributed by atoms with Crippen LogP contribution in [0.2, 0.25) is 0 Å². The number of carbonyl (C=O) groups is 2. The smallest absolute Gasteiger partial charge is 0.422 e. The molecule has 8 heteroatoms. The van der Waals surface area contributed by atoms with E-state index in [0.717, 1.165) is 6.07 Å². The molecular formula is C13H12F3NO4. The minimum atomic E-state index is -5.16. The highest BCUT2D eigenvalue weighted by Crippen LogP contribution is 2.31. The SMILES string of the molecule is C=CCc1ccc(OC(=O)CN)c(OC(=O)C(F)(F)F)c1. The first-order valence-corrected chi connectivity index (χ1v) is 5.71. The van der Waals surface area contributed by atoms with E-state index >= 15 is 0 Å². The fourth-order valence-corrected chi connectivity index (χ4v) is 1.33. The molecule has 0 radical (unpaired) electrons. The molecule has 1 rings (SSSR count). The van der Waals surface area contributed by atoms with E-state index in [0.29, 0.717) is 12.0 Å². The molecule has 0 aliphatic heterocycles. The summed E-state index contributed by atoms with van der Waals surface area (Å²) in [6.45, 7) is 3.01. The average molecular weight is 303 g/mol. The number of nitrogens with two attached hydrogens (primary N) is 1. The van der Waals surface area contributed by atoms with Crippen molar-refractivity contribution in [2.75, 3.05) is 6.54 Å². The number of carbonyl (C=O) groups excluding carboxylic acids is 2. The van der Waals surface area contributed by atoms with Gasteiger partial charge in [-0.25, -0.2) is 4.79 Å². The van der Waals surface area contributed by atoms with Crippen LogP contribution in [0.1, 0.15) is 5.56 Å². The average Bonchev–Trinajstić information content (AvgIpc) is 2.40. The summed E-state index contributed by atoms with van der Waals surface area (Å²) >= 11 is 0. The van der Waals surface area contributed by atoms with Crippen LogP contribution in [-0.2, 0) is 16.0 Å². The lowest BCUT2D eigenvalue weighted by molar-refractivity contribution is -0.189. The van der Waals surface area contributed by atoms with Crippen molar-refractivity contribution in [3.63, 3.8) is 0 Å². The van der Waals surface area contributed by atoms with E-state index in [4.69, 9.17) is 10.5 Å². The second-order valence-corrected chi connectivity index (χ2v) is 3.84. The van der Waals surface area contributed by atoms with Crippen molar-refractivity contribution in [2.45, 2.75) is 12.6 Å². The number of hydrogen-bond acceptors (Lipinski definition) is 5. The highest BCUT2D eigenvalue weighted by atomic mass is 19.4. The first-order valence-electron chi connectivity index (χ1n) is 5.71. The Kier molecular flexibility index (Phi) is 5.48. The van der Waals surface area contributed by atoms with Gasteiger partial charge in [-0.2, -0.15) is 13.2 Å². The summed E-state index contributed by atoms with van der Waals surface area (Å²) in [7, 11) is 0. The molecule has 21 heavy (non-hydrogen) atoms. The Balaban J connectivity index is 3.10. The second kappa shape index (κ2) is 6.89. The maximum absolute atomic E-state index is 12.2. The topological polar surface area (TPSA) is 78.6 Å². The van der Waals surface area contributed by atoms with Crippen LogP contribution in [-0.4, -0.2) is 24.7 Å². The van der Waals surface area contributed by atoms with Crippen LogP contribution in [0.3, 0.4) is 0 Å². The zero-order chi connectivity index (χ0) is 16.0. The maximum Gasteiger partial charge on any atom is 0.491 e. The first kappa shape index (κ1) is 16.7. The molecule has 0 saturated heterocycles. The second-order valence-electron chi connectivity index (χ2n) is 3.84. The molecule has 1 aromatic rings. The Morgan fingerprint density at radius 2 is 1.90 bits per heavy atom. The minimum absolute atomic E-state index is 0.323. The summed E-state index contributed by atoms with van der Waals surface area (Å²) in [6.07, 6.45) is -3.32. The van der Waals surface area contributed by atoms with E-state index in [1.54, 1.807) is 0 Å². The van der Waals surface area contributed by atoms with Crippen LogP contribution in [0.25, 0.3) is 0 Å². The molecule has 0 aromatic heterocycles. The number of esters is 2. The molecule has 5 nitrogen and oxygen atoms in total. The van der Waals surface area contributed by atoms with Crippen molar-refractivity contribution in [1.82, 2.24) is 0 Å². The Bertz CT molecular complexity index is 555. The molecule has 114 valence electrons. The number of allylic oxidation sites excluding steroid dienone is 1. The normalized spacial score (nSPS) is 10.9. The highest BCUT2D eigenvalue weighted by Gasteiger charge is 2.41. The van der Waals surface area contributed by atoms with Gasteiger partial charge in [0.2, 0.25) is 0 Å².